The topological polar surface area (TPSA) is 0 Å². The van der Waals surface area contributed by atoms with Gasteiger partial charge in [0.1, 0.15) is 0 Å². The molecule has 0 aromatic heterocycles. The number of hydrogen-bond donors (Lipinski definition) is 0. The van der Waals surface area contributed by atoms with Crippen molar-refractivity contribution in [3.8, 4) is 0 Å². The number of benzene rings is 2. The van der Waals surface area contributed by atoms with Gasteiger partial charge in [0.2, 0.25) is 0 Å². The molecule has 0 saturated carbocycles. The largest absolute Gasteiger partial charge is 1.00 e. The summed E-state index contributed by atoms with van der Waals surface area (Å²) in [7, 11) is 2.32. The van der Waals surface area contributed by atoms with Crippen LogP contribution in [-0.4, -0.2) is 7.28 Å². The van der Waals surface area contributed by atoms with Gasteiger partial charge in [-0.15, -0.1) is 0 Å². The zero-order valence-electron chi connectivity index (χ0n) is 9.77. The van der Waals surface area contributed by atoms with E-state index in [0.717, 1.165) is 12.6 Å². The fourth-order valence-electron chi connectivity index (χ4n) is 1.63. The number of rotatable bonds is 4. The quantitative estimate of drug-likeness (QED) is 0.614. The van der Waals surface area contributed by atoms with E-state index in [9.17, 15) is 0 Å². The molecular formula is C14H14BLi. The Balaban J connectivity index is 0.00000128. The van der Waals surface area contributed by atoms with Crippen molar-refractivity contribution in [3.05, 3.63) is 71.8 Å². The molecular weight excluding hydrogens is 186 g/mol. The molecule has 0 fully saturated rings. The maximum absolute atomic E-state index is 2.32. The van der Waals surface area contributed by atoms with Crippen LogP contribution in [0.4, 0.5) is 0 Å². The standard InChI is InChI=1S/C14H14B.Li/c1-3-7-13(8-4-1)11-15-12-14-9-5-2-6-10-14;/h1-10H,11-12H2;/q-1;+1. The van der Waals surface area contributed by atoms with Crippen molar-refractivity contribution in [2.24, 2.45) is 0 Å². The van der Waals surface area contributed by atoms with Gasteiger partial charge < -0.3 is 7.28 Å². The van der Waals surface area contributed by atoms with E-state index in [4.69, 9.17) is 0 Å². The Labute approximate surface area is 111 Å². The van der Waals surface area contributed by atoms with Crippen LogP contribution in [0, 0.1) is 0 Å². The van der Waals surface area contributed by atoms with E-state index in [1.165, 1.54) is 11.1 Å². The summed E-state index contributed by atoms with van der Waals surface area (Å²) in [6.07, 6.45) is 2.10. The maximum Gasteiger partial charge on any atom is 1.00 e. The van der Waals surface area contributed by atoms with Crippen LogP contribution in [0.3, 0.4) is 0 Å². The van der Waals surface area contributed by atoms with Gasteiger partial charge in [0, 0.05) is 0 Å². The van der Waals surface area contributed by atoms with Gasteiger partial charge in [0.15, 0.2) is 0 Å². The first-order valence-electron chi connectivity index (χ1n) is 5.34. The summed E-state index contributed by atoms with van der Waals surface area (Å²) in [4.78, 5) is 0. The predicted molar refractivity (Wildman–Crippen MR) is 66.0 cm³/mol. The molecule has 0 nitrogen and oxygen atoms in total. The molecule has 2 rings (SSSR count). The van der Waals surface area contributed by atoms with Crippen LogP contribution in [0.5, 0.6) is 0 Å². The molecule has 2 aromatic carbocycles. The van der Waals surface area contributed by atoms with E-state index < -0.39 is 0 Å². The third kappa shape index (κ3) is 4.31. The average Bonchev–Trinajstić information content (AvgIpc) is 2.32. The first-order valence-corrected chi connectivity index (χ1v) is 5.34. The summed E-state index contributed by atoms with van der Waals surface area (Å²) in [6, 6.07) is 21.1. The summed E-state index contributed by atoms with van der Waals surface area (Å²) < 4.78 is 0. The van der Waals surface area contributed by atoms with Gasteiger partial charge >= 0.3 is 18.9 Å². The Kier molecular flexibility index (Phi) is 6.08. The van der Waals surface area contributed by atoms with Crippen molar-refractivity contribution < 1.29 is 18.9 Å². The van der Waals surface area contributed by atoms with Crippen LogP contribution in [-0.2, 0) is 12.6 Å². The molecule has 0 amide bonds. The number of hydrogen-bond acceptors (Lipinski definition) is 0. The van der Waals surface area contributed by atoms with E-state index in [-0.39, 0.29) is 18.9 Å². The van der Waals surface area contributed by atoms with Gasteiger partial charge in [-0.25, -0.2) is 12.6 Å². The summed E-state index contributed by atoms with van der Waals surface area (Å²) in [5, 5.41) is 0. The zero-order chi connectivity index (χ0) is 10.3. The first-order chi connectivity index (χ1) is 7.45. The summed E-state index contributed by atoms with van der Waals surface area (Å²) in [5.74, 6) is 0. The van der Waals surface area contributed by atoms with E-state index in [2.05, 4.69) is 67.9 Å². The summed E-state index contributed by atoms with van der Waals surface area (Å²) >= 11 is 0. The third-order valence-corrected chi connectivity index (χ3v) is 2.45. The van der Waals surface area contributed by atoms with Crippen LogP contribution >= 0.6 is 0 Å². The minimum absolute atomic E-state index is 0. The molecule has 2 aromatic rings. The molecule has 0 aliphatic rings. The van der Waals surface area contributed by atoms with E-state index >= 15 is 0 Å². The van der Waals surface area contributed by atoms with E-state index in [1.807, 2.05) is 0 Å². The Hall–Kier alpha value is -0.898. The Morgan fingerprint density at radius 3 is 1.38 bits per heavy atom. The van der Waals surface area contributed by atoms with Crippen molar-refractivity contribution in [2.75, 3.05) is 0 Å². The molecule has 0 atom stereocenters. The van der Waals surface area contributed by atoms with Crippen LogP contribution in [0.1, 0.15) is 11.1 Å². The molecule has 74 valence electrons. The van der Waals surface area contributed by atoms with Gasteiger partial charge in [-0.2, -0.15) is 0 Å². The molecule has 0 N–H and O–H groups in total. The van der Waals surface area contributed by atoms with Gasteiger partial charge in [0.05, 0.1) is 0 Å². The fourth-order valence-corrected chi connectivity index (χ4v) is 1.63. The first kappa shape index (κ1) is 13.2. The van der Waals surface area contributed by atoms with Gasteiger partial charge in [-0.1, -0.05) is 71.8 Å². The Morgan fingerprint density at radius 2 is 1.00 bits per heavy atom. The van der Waals surface area contributed by atoms with Crippen LogP contribution in [0.25, 0.3) is 0 Å². The van der Waals surface area contributed by atoms with Crippen LogP contribution in [0.15, 0.2) is 60.7 Å². The molecule has 2 radical (unpaired) electrons. The molecule has 2 heteroatoms. The molecule has 0 bridgehead atoms. The molecule has 0 saturated heterocycles. The van der Waals surface area contributed by atoms with Crippen LogP contribution < -0.4 is 18.9 Å². The van der Waals surface area contributed by atoms with Crippen LogP contribution in [0.2, 0.25) is 0 Å². The van der Waals surface area contributed by atoms with Crippen molar-refractivity contribution in [2.45, 2.75) is 12.6 Å². The molecule has 0 heterocycles. The molecule has 0 spiro atoms. The summed E-state index contributed by atoms with van der Waals surface area (Å²) in [5.41, 5.74) is 2.77. The minimum atomic E-state index is 0. The molecule has 0 unspecified atom stereocenters. The Bertz CT molecular complexity index is 346. The second-order valence-electron chi connectivity index (χ2n) is 3.67. The molecule has 16 heavy (non-hydrogen) atoms. The smallest absolute Gasteiger partial charge is 0.325 e. The van der Waals surface area contributed by atoms with Crippen molar-refractivity contribution >= 4 is 7.28 Å². The maximum atomic E-state index is 2.32. The monoisotopic (exact) mass is 200 g/mol. The zero-order valence-corrected chi connectivity index (χ0v) is 9.77. The van der Waals surface area contributed by atoms with Crippen molar-refractivity contribution in [3.63, 3.8) is 0 Å². The van der Waals surface area contributed by atoms with E-state index in [0.29, 0.717) is 0 Å². The van der Waals surface area contributed by atoms with Gasteiger partial charge in [-0.3, -0.25) is 0 Å². The van der Waals surface area contributed by atoms with Gasteiger partial charge in [-0.05, 0) is 0 Å². The SMILES string of the molecule is [B-](Cc1ccccc1)Cc1ccccc1.[Li+]. The molecule has 0 aliphatic heterocycles. The third-order valence-electron chi connectivity index (χ3n) is 2.45. The Morgan fingerprint density at radius 1 is 0.625 bits per heavy atom. The minimum Gasteiger partial charge on any atom is -0.325 e. The van der Waals surface area contributed by atoms with E-state index in [1.54, 1.807) is 0 Å². The fraction of sp³-hybridized carbons (Fsp3) is 0.143. The summed E-state index contributed by atoms with van der Waals surface area (Å²) in [6.45, 7) is 0. The second-order valence-corrected chi connectivity index (χ2v) is 3.67. The normalized spacial score (nSPS) is 9.50. The van der Waals surface area contributed by atoms with Crippen molar-refractivity contribution in [1.29, 1.82) is 0 Å². The second kappa shape index (κ2) is 7.39. The van der Waals surface area contributed by atoms with Gasteiger partial charge in [0.25, 0.3) is 0 Å². The molecule has 0 aliphatic carbocycles. The predicted octanol–water partition coefficient (Wildman–Crippen LogP) is 0.0950. The van der Waals surface area contributed by atoms with Crippen molar-refractivity contribution in [1.82, 2.24) is 0 Å². The average molecular weight is 200 g/mol.